The molecule has 0 aliphatic carbocycles. The number of aliphatic hydroxyl groups is 1. The van der Waals surface area contributed by atoms with Crippen molar-refractivity contribution in [3.63, 3.8) is 0 Å². The van der Waals surface area contributed by atoms with E-state index in [0.29, 0.717) is 31.0 Å². The number of hydrogen-bond donors (Lipinski definition) is 2. The molecule has 2 saturated heterocycles. The Balaban J connectivity index is 1.82. The van der Waals surface area contributed by atoms with Crippen LogP contribution in [0.15, 0.2) is 0 Å². The van der Waals surface area contributed by atoms with Gasteiger partial charge in [-0.25, -0.2) is 0 Å². The zero-order valence-corrected chi connectivity index (χ0v) is 11.4. The van der Waals surface area contributed by atoms with Gasteiger partial charge in [0.2, 0.25) is 5.91 Å². The highest BCUT2D eigenvalue weighted by Crippen LogP contribution is 2.32. The van der Waals surface area contributed by atoms with Crippen molar-refractivity contribution in [2.24, 2.45) is 5.92 Å². The highest BCUT2D eigenvalue weighted by atomic mass is 16.3. The lowest BCUT2D eigenvalue weighted by Crippen LogP contribution is -2.41. The Kier molecular flexibility index (Phi) is 5.01. The number of piperidine rings is 1. The Morgan fingerprint density at radius 2 is 1.94 bits per heavy atom. The predicted molar refractivity (Wildman–Crippen MR) is 71.2 cm³/mol. The largest absolute Gasteiger partial charge is 0.395 e. The molecule has 0 radical (unpaired) electrons. The molecule has 0 spiro atoms. The van der Waals surface area contributed by atoms with Crippen molar-refractivity contribution in [1.82, 2.24) is 10.2 Å². The summed E-state index contributed by atoms with van der Waals surface area (Å²) >= 11 is 0. The first kappa shape index (κ1) is 13.8. The van der Waals surface area contributed by atoms with Gasteiger partial charge in [-0.1, -0.05) is 6.92 Å². The van der Waals surface area contributed by atoms with Crippen LogP contribution in [0.3, 0.4) is 0 Å². The highest BCUT2D eigenvalue weighted by molar-refractivity contribution is 5.76. The van der Waals surface area contributed by atoms with Crippen LogP contribution in [-0.2, 0) is 4.79 Å². The van der Waals surface area contributed by atoms with Gasteiger partial charge in [0.05, 0.1) is 6.61 Å². The molecule has 0 saturated carbocycles. The summed E-state index contributed by atoms with van der Waals surface area (Å²) in [5, 5.41) is 12.6. The van der Waals surface area contributed by atoms with Gasteiger partial charge in [-0.15, -0.1) is 0 Å². The molecular formula is C14H26N2O2. The Labute approximate surface area is 110 Å². The maximum atomic E-state index is 12.2. The molecule has 2 fully saturated rings. The summed E-state index contributed by atoms with van der Waals surface area (Å²) < 4.78 is 0. The van der Waals surface area contributed by atoms with E-state index < -0.39 is 0 Å². The average molecular weight is 254 g/mol. The van der Waals surface area contributed by atoms with E-state index in [2.05, 4.69) is 12.2 Å². The van der Waals surface area contributed by atoms with Crippen LogP contribution in [0.1, 0.15) is 45.4 Å². The van der Waals surface area contributed by atoms with E-state index in [1.807, 2.05) is 4.90 Å². The van der Waals surface area contributed by atoms with E-state index in [9.17, 15) is 4.79 Å². The fraction of sp³-hybridized carbons (Fsp3) is 0.929. The van der Waals surface area contributed by atoms with Crippen LogP contribution >= 0.6 is 0 Å². The van der Waals surface area contributed by atoms with E-state index in [1.165, 1.54) is 12.8 Å². The number of carbonyl (C=O) groups is 1. The van der Waals surface area contributed by atoms with Gasteiger partial charge in [-0.05, 0) is 38.0 Å². The van der Waals surface area contributed by atoms with Crippen molar-refractivity contribution >= 4 is 5.91 Å². The summed E-state index contributed by atoms with van der Waals surface area (Å²) in [5.74, 6) is 0.784. The van der Waals surface area contributed by atoms with Crippen LogP contribution in [0.2, 0.25) is 0 Å². The first-order valence-corrected chi connectivity index (χ1v) is 7.37. The molecule has 2 N–H and O–H groups in total. The number of carbonyl (C=O) groups excluding carboxylic acids is 1. The van der Waals surface area contributed by atoms with Crippen molar-refractivity contribution in [3.8, 4) is 0 Å². The molecule has 4 heteroatoms. The van der Waals surface area contributed by atoms with Crippen molar-refractivity contribution < 1.29 is 9.90 Å². The second-order valence-corrected chi connectivity index (χ2v) is 5.78. The lowest BCUT2D eigenvalue weighted by molar-refractivity contribution is -0.133. The third-order valence-corrected chi connectivity index (χ3v) is 4.25. The fourth-order valence-electron chi connectivity index (χ4n) is 3.47. The van der Waals surface area contributed by atoms with Gasteiger partial charge in [-0.3, -0.25) is 4.79 Å². The van der Waals surface area contributed by atoms with Crippen LogP contribution in [0.5, 0.6) is 0 Å². The number of aliphatic hydroxyl groups excluding tert-OH is 1. The average Bonchev–Trinajstić information content (AvgIpc) is 2.68. The Hall–Kier alpha value is -0.610. The molecule has 0 aromatic carbocycles. The standard InChI is InChI=1S/C14H26N2O2/c1-2-5-16(6-7-17)14(18)10-11-8-12-3-4-13(9-11)15-12/h11-13,15,17H,2-10H2,1H3. The first-order chi connectivity index (χ1) is 8.72. The topological polar surface area (TPSA) is 52.6 Å². The molecular weight excluding hydrogens is 228 g/mol. The summed E-state index contributed by atoms with van der Waals surface area (Å²) in [6.45, 7) is 3.41. The van der Waals surface area contributed by atoms with Gasteiger partial charge < -0.3 is 15.3 Å². The first-order valence-electron chi connectivity index (χ1n) is 7.37. The van der Waals surface area contributed by atoms with E-state index in [1.54, 1.807) is 0 Å². The Morgan fingerprint density at radius 3 is 2.50 bits per heavy atom. The van der Waals surface area contributed by atoms with Gasteiger partial charge in [0, 0.05) is 31.6 Å². The minimum Gasteiger partial charge on any atom is -0.395 e. The zero-order valence-electron chi connectivity index (χ0n) is 11.4. The van der Waals surface area contributed by atoms with Crippen molar-refractivity contribution in [3.05, 3.63) is 0 Å². The molecule has 0 aromatic heterocycles. The highest BCUT2D eigenvalue weighted by Gasteiger charge is 2.34. The monoisotopic (exact) mass is 254 g/mol. The third kappa shape index (κ3) is 3.45. The molecule has 2 atom stereocenters. The number of amides is 1. The Morgan fingerprint density at radius 1 is 1.28 bits per heavy atom. The summed E-state index contributed by atoms with van der Waals surface area (Å²) in [6, 6.07) is 1.30. The van der Waals surface area contributed by atoms with E-state index >= 15 is 0 Å². The molecule has 2 aliphatic rings. The van der Waals surface area contributed by atoms with Crippen LogP contribution < -0.4 is 5.32 Å². The molecule has 2 unspecified atom stereocenters. The fourth-order valence-corrected chi connectivity index (χ4v) is 3.47. The number of rotatable bonds is 6. The maximum absolute atomic E-state index is 12.2. The number of hydrogen-bond acceptors (Lipinski definition) is 3. The molecule has 2 aliphatic heterocycles. The minimum absolute atomic E-state index is 0.0726. The maximum Gasteiger partial charge on any atom is 0.222 e. The van der Waals surface area contributed by atoms with E-state index in [0.717, 1.165) is 25.8 Å². The number of nitrogens with zero attached hydrogens (tertiary/aromatic N) is 1. The smallest absolute Gasteiger partial charge is 0.222 e. The number of fused-ring (bicyclic) bond motifs is 2. The Bertz CT molecular complexity index is 265. The van der Waals surface area contributed by atoms with Gasteiger partial charge >= 0.3 is 0 Å². The molecule has 4 nitrogen and oxygen atoms in total. The van der Waals surface area contributed by atoms with Gasteiger partial charge in [0.25, 0.3) is 0 Å². The molecule has 2 bridgehead atoms. The van der Waals surface area contributed by atoms with Crippen LogP contribution in [0.25, 0.3) is 0 Å². The molecule has 2 rings (SSSR count). The second kappa shape index (κ2) is 6.53. The van der Waals surface area contributed by atoms with Crippen LogP contribution in [0, 0.1) is 5.92 Å². The van der Waals surface area contributed by atoms with Gasteiger partial charge in [0.1, 0.15) is 0 Å². The molecule has 0 aromatic rings. The summed E-state index contributed by atoms with van der Waals surface area (Å²) in [4.78, 5) is 14.0. The minimum atomic E-state index is 0.0726. The third-order valence-electron chi connectivity index (χ3n) is 4.25. The molecule has 18 heavy (non-hydrogen) atoms. The molecule has 1 amide bonds. The zero-order chi connectivity index (χ0) is 13.0. The van der Waals surface area contributed by atoms with Crippen molar-refractivity contribution in [2.45, 2.75) is 57.5 Å². The SMILES string of the molecule is CCCN(CCO)C(=O)CC1CC2CCC(C1)N2. The quantitative estimate of drug-likeness (QED) is 0.747. The number of nitrogens with one attached hydrogen (secondary N) is 1. The van der Waals surface area contributed by atoms with E-state index in [-0.39, 0.29) is 12.5 Å². The normalized spacial score (nSPS) is 30.4. The van der Waals surface area contributed by atoms with Crippen molar-refractivity contribution in [2.75, 3.05) is 19.7 Å². The second-order valence-electron chi connectivity index (χ2n) is 5.78. The predicted octanol–water partition coefficient (Wildman–Crippen LogP) is 1.14. The molecule has 104 valence electrons. The summed E-state index contributed by atoms with van der Waals surface area (Å²) in [6.07, 6.45) is 6.51. The van der Waals surface area contributed by atoms with Crippen LogP contribution in [0.4, 0.5) is 0 Å². The lowest BCUT2D eigenvalue weighted by atomic mass is 9.89. The molecule has 2 heterocycles. The summed E-state index contributed by atoms with van der Waals surface area (Å²) in [7, 11) is 0. The van der Waals surface area contributed by atoms with Gasteiger partial charge in [-0.2, -0.15) is 0 Å². The van der Waals surface area contributed by atoms with Crippen molar-refractivity contribution in [1.29, 1.82) is 0 Å². The van der Waals surface area contributed by atoms with E-state index in [4.69, 9.17) is 5.11 Å². The van der Waals surface area contributed by atoms with Crippen LogP contribution in [-0.4, -0.2) is 47.7 Å². The lowest BCUT2D eigenvalue weighted by Gasteiger charge is -2.30. The summed E-state index contributed by atoms with van der Waals surface area (Å²) in [5.41, 5.74) is 0. The van der Waals surface area contributed by atoms with Gasteiger partial charge in [0.15, 0.2) is 0 Å².